The average molecular weight is 192 g/mol. The molecule has 6 nitrogen and oxygen atoms in total. The maximum atomic E-state index is 9.42. The van der Waals surface area contributed by atoms with Gasteiger partial charge in [-0.05, 0) is 0 Å². The third-order valence-electron chi connectivity index (χ3n) is 2.83. The first-order valence-electron chi connectivity index (χ1n) is 4.05. The van der Waals surface area contributed by atoms with Crippen molar-refractivity contribution in [1.82, 2.24) is 0 Å². The van der Waals surface area contributed by atoms with Crippen molar-refractivity contribution in [3.63, 3.8) is 0 Å². The predicted molar refractivity (Wildman–Crippen MR) is 38.7 cm³/mol. The zero-order valence-corrected chi connectivity index (χ0v) is 6.74. The third-order valence-corrected chi connectivity index (χ3v) is 2.83. The van der Waals surface area contributed by atoms with Gasteiger partial charge < -0.3 is 30.3 Å². The molecule has 0 radical (unpaired) electrons. The molecule has 1 saturated heterocycles. The maximum absolute atomic E-state index is 9.42. The second-order valence-electron chi connectivity index (χ2n) is 3.61. The molecule has 0 bridgehead atoms. The Hall–Kier alpha value is -0.240. The van der Waals surface area contributed by atoms with Gasteiger partial charge in [-0.25, -0.2) is 0 Å². The van der Waals surface area contributed by atoms with Gasteiger partial charge in [0.2, 0.25) is 0 Å². The maximum Gasteiger partial charge on any atom is 0.148 e. The Bertz CT molecular complexity index is 197. The van der Waals surface area contributed by atoms with E-state index in [1.807, 2.05) is 0 Å². The predicted octanol–water partition coefficient (Wildman–Crippen LogP) is -3.43. The van der Waals surface area contributed by atoms with Crippen LogP contribution in [0.1, 0.15) is 0 Å². The summed E-state index contributed by atoms with van der Waals surface area (Å²) < 4.78 is 4.82. The van der Waals surface area contributed by atoms with Crippen LogP contribution in [0.5, 0.6) is 0 Å². The van der Waals surface area contributed by atoms with E-state index in [-0.39, 0.29) is 6.61 Å². The highest BCUT2D eigenvalue weighted by molar-refractivity contribution is 5.15. The van der Waals surface area contributed by atoms with Crippen LogP contribution in [0, 0.1) is 0 Å². The van der Waals surface area contributed by atoms with Gasteiger partial charge in [0.15, 0.2) is 0 Å². The molecule has 0 aromatic rings. The first kappa shape index (κ1) is 9.32. The molecule has 2 aliphatic rings. The van der Waals surface area contributed by atoms with E-state index >= 15 is 0 Å². The topological polar surface area (TPSA) is 114 Å². The highest BCUT2D eigenvalue weighted by Gasteiger charge is 2.66. The second-order valence-corrected chi connectivity index (χ2v) is 3.61. The summed E-state index contributed by atoms with van der Waals surface area (Å²) in [6, 6.07) is 0. The molecule has 1 aliphatic carbocycles. The number of hydrogen-bond donors (Lipinski definition) is 5. The third kappa shape index (κ3) is 1.04. The lowest BCUT2D eigenvalue weighted by Gasteiger charge is -2.40. The number of aliphatic hydroxyl groups is 5. The number of rotatable bonds is 0. The van der Waals surface area contributed by atoms with Crippen molar-refractivity contribution in [1.29, 1.82) is 0 Å². The Morgan fingerprint density at radius 2 is 1.23 bits per heavy atom. The summed E-state index contributed by atoms with van der Waals surface area (Å²) in [5, 5.41) is 46.5. The van der Waals surface area contributed by atoms with E-state index in [2.05, 4.69) is 0 Å². The van der Waals surface area contributed by atoms with Crippen molar-refractivity contribution in [2.75, 3.05) is 6.61 Å². The van der Waals surface area contributed by atoms with Gasteiger partial charge in [0.25, 0.3) is 0 Å². The van der Waals surface area contributed by atoms with Gasteiger partial charge in [-0.15, -0.1) is 0 Å². The molecule has 2 fully saturated rings. The number of ether oxygens (including phenoxy) is 1. The molecular formula is C7H12O6. The minimum atomic E-state index is -1.54. The lowest BCUT2D eigenvalue weighted by atomic mass is 9.78. The Morgan fingerprint density at radius 3 is 1.54 bits per heavy atom. The van der Waals surface area contributed by atoms with E-state index in [9.17, 15) is 25.5 Å². The van der Waals surface area contributed by atoms with Gasteiger partial charge in [0.1, 0.15) is 36.1 Å². The fourth-order valence-corrected chi connectivity index (χ4v) is 1.75. The quantitative estimate of drug-likeness (QED) is 0.255. The molecule has 5 N–H and O–H groups in total. The zero-order chi connectivity index (χ0) is 9.80. The molecule has 2 unspecified atom stereocenters. The first-order valence-corrected chi connectivity index (χ1v) is 4.05. The van der Waals surface area contributed by atoms with Crippen LogP contribution < -0.4 is 0 Å². The molecule has 1 heterocycles. The van der Waals surface area contributed by atoms with Gasteiger partial charge in [-0.2, -0.15) is 0 Å². The van der Waals surface area contributed by atoms with E-state index < -0.39 is 36.1 Å². The molecule has 13 heavy (non-hydrogen) atoms. The van der Waals surface area contributed by atoms with Gasteiger partial charge in [-0.3, -0.25) is 0 Å². The zero-order valence-electron chi connectivity index (χ0n) is 6.74. The van der Waals surface area contributed by atoms with Crippen LogP contribution in [0.4, 0.5) is 0 Å². The van der Waals surface area contributed by atoms with Crippen LogP contribution in [0.3, 0.4) is 0 Å². The molecule has 1 spiro atoms. The molecule has 76 valence electrons. The fourth-order valence-electron chi connectivity index (χ4n) is 1.75. The van der Waals surface area contributed by atoms with E-state index in [1.165, 1.54) is 0 Å². The summed E-state index contributed by atoms with van der Waals surface area (Å²) in [6.07, 6.45) is -7.23. The van der Waals surface area contributed by atoms with Crippen molar-refractivity contribution >= 4 is 0 Å². The van der Waals surface area contributed by atoms with E-state index in [1.54, 1.807) is 0 Å². The SMILES string of the molecule is OC1[C@@H](O)[C@@H](O)C2(CO2)[C@@H](O)[C@H]1O. The summed E-state index contributed by atoms with van der Waals surface area (Å²) in [5.41, 5.74) is -1.28. The summed E-state index contributed by atoms with van der Waals surface area (Å²) in [6.45, 7) is 0.0795. The normalized spacial score (nSPS) is 61.2. The van der Waals surface area contributed by atoms with Gasteiger partial charge in [0, 0.05) is 0 Å². The molecule has 0 aromatic heterocycles. The largest absolute Gasteiger partial charge is 0.387 e. The van der Waals surface area contributed by atoms with Crippen LogP contribution in [0.15, 0.2) is 0 Å². The smallest absolute Gasteiger partial charge is 0.148 e. The average Bonchev–Trinajstić information content (AvgIpc) is 2.91. The number of aliphatic hydroxyl groups excluding tert-OH is 5. The van der Waals surface area contributed by atoms with Crippen LogP contribution >= 0.6 is 0 Å². The van der Waals surface area contributed by atoms with Gasteiger partial charge in [-0.1, -0.05) is 0 Å². The summed E-state index contributed by atoms with van der Waals surface area (Å²) in [7, 11) is 0. The van der Waals surface area contributed by atoms with Gasteiger partial charge in [0.05, 0.1) is 6.61 Å². The fraction of sp³-hybridized carbons (Fsp3) is 1.00. The van der Waals surface area contributed by atoms with Crippen LogP contribution in [0.25, 0.3) is 0 Å². The van der Waals surface area contributed by atoms with Crippen LogP contribution in [-0.4, -0.2) is 68.3 Å². The van der Waals surface area contributed by atoms with Crippen molar-refractivity contribution in [2.45, 2.75) is 36.1 Å². The number of epoxide rings is 1. The summed E-state index contributed by atoms with van der Waals surface area (Å²) in [4.78, 5) is 0. The molecule has 0 amide bonds. The van der Waals surface area contributed by atoms with E-state index in [0.717, 1.165) is 0 Å². The Morgan fingerprint density at radius 1 is 0.846 bits per heavy atom. The monoisotopic (exact) mass is 192 g/mol. The minimum absolute atomic E-state index is 0.0795. The molecule has 0 aromatic carbocycles. The van der Waals surface area contributed by atoms with Gasteiger partial charge >= 0.3 is 0 Å². The Kier molecular flexibility index (Phi) is 1.88. The molecule has 1 aliphatic heterocycles. The Labute approximate surface area is 74.0 Å². The highest BCUT2D eigenvalue weighted by atomic mass is 16.6. The minimum Gasteiger partial charge on any atom is -0.387 e. The lowest BCUT2D eigenvalue weighted by molar-refractivity contribution is -0.209. The van der Waals surface area contributed by atoms with Crippen molar-refractivity contribution in [3.8, 4) is 0 Å². The second kappa shape index (κ2) is 2.63. The van der Waals surface area contributed by atoms with Crippen molar-refractivity contribution < 1.29 is 30.3 Å². The van der Waals surface area contributed by atoms with Crippen LogP contribution in [-0.2, 0) is 4.74 Å². The van der Waals surface area contributed by atoms with E-state index in [4.69, 9.17) is 4.74 Å². The molecule has 1 saturated carbocycles. The van der Waals surface area contributed by atoms with E-state index in [0.29, 0.717) is 0 Å². The first-order chi connectivity index (χ1) is 6.00. The lowest BCUT2D eigenvalue weighted by Crippen LogP contribution is -2.65. The summed E-state index contributed by atoms with van der Waals surface area (Å²) >= 11 is 0. The molecule has 6 heteroatoms. The van der Waals surface area contributed by atoms with Crippen molar-refractivity contribution in [3.05, 3.63) is 0 Å². The number of hydrogen-bond acceptors (Lipinski definition) is 6. The highest BCUT2D eigenvalue weighted by Crippen LogP contribution is 2.42. The Balaban J connectivity index is 2.24. The summed E-state index contributed by atoms with van der Waals surface area (Å²) in [5.74, 6) is 0. The van der Waals surface area contributed by atoms with Crippen LogP contribution in [0.2, 0.25) is 0 Å². The standard InChI is InChI=1S/C7H12O6/c8-2-3(9)5(11)7(1-13-7)6(12)4(2)10/h2-6,8-12H,1H2/t2?,3-,4+,5-,6+,7?. The molecular weight excluding hydrogens is 180 g/mol. The molecule has 6 atom stereocenters. The van der Waals surface area contributed by atoms with Crippen molar-refractivity contribution in [2.24, 2.45) is 0 Å². The molecule has 2 rings (SSSR count).